The van der Waals surface area contributed by atoms with Gasteiger partial charge in [0.1, 0.15) is 6.04 Å². The maximum absolute atomic E-state index is 12.8. The molecule has 0 saturated carbocycles. The van der Waals surface area contributed by atoms with Crippen LogP contribution in [0.5, 0.6) is 0 Å². The molecule has 0 unspecified atom stereocenters. The lowest BCUT2D eigenvalue weighted by atomic mass is 10.0. The number of thioether (sulfide) groups is 1. The van der Waals surface area contributed by atoms with Gasteiger partial charge >= 0.3 is 6.03 Å². The van der Waals surface area contributed by atoms with E-state index in [1.807, 2.05) is 44.4 Å². The number of nitrogens with zero attached hydrogens (tertiary/aromatic N) is 4. The maximum atomic E-state index is 12.8. The van der Waals surface area contributed by atoms with E-state index in [9.17, 15) is 9.59 Å². The lowest BCUT2D eigenvalue weighted by molar-refractivity contribution is -0.118. The van der Waals surface area contributed by atoms with Gasteiger partial charge in [-0.1, -0.05) is 19.9 Å². The zero-order valence-corrected chi connectivity index (χ0v) is 18.4. The van der Waals surface area contributed by atoms with Gasteiger partial charge in [-0.05, 0) is 36.4 Å². The van der Waals surface area contributed by atoms with Crippen LogP contribution in [0.2, 0.25) is 0 Å². The van der Waals surface area contributed by atoms with E-state index < -0.39 is 6.04 Å². The minimum absolute atomic E-state index is 0.0447. The minimum Gasteiger partial charge on any atom is -0.337 e. The number of hydrogen-bond acceptors (Lipinski definition) is 6. The van der Waals surface area contributed by atoms with Crippen molar-refractivity contribution in [2.45, 2.75) is 24.8 Å². The Bertz CT molecular complexity index is 856. The largest absolute Gasteiger partial charge is 0.337 e. The van der Waals surface area contributed by atoms with Crippen molar-refractivity contribution in [1.29, 1.82) is 0 Å². The number of urea groups is 1. The van der Waals surface area contributed by atoms with Gasteiger partial charge in [0.05, 0.1) is 0 Å². The first-order chi connectivity index (χ1) is 14.5. The summed E-state index contributed by atoms with van der Waals surface area (Å²) in [7, 11) is 0. The average Bonchev–Trinajstić information content (AvgIpc) is 2.77. The van der Waals surface area contributed by atoms with E-state index in [2.05, 4.69) is 25.5 Å². The third-order valence-electron chi connectivity index (χ3n) is 4.97. The second-order valence-electron chi connectivity index (χ2n) is 7.42. The molecule has 2 aromatic rings. The summed E-state index contributed by atoms with van der Waals surface area (Å²) in [6.45, 7) is 6.24. The first-order valence-corrected chi connectivity index (χ1v) is 11.2. The number of carbonyl (C=O) groups excluding carboxylic acids is 2. The van der Waals surface area contributed by atoms with Crippen molar-refractivity contribution in [3.63, 3.8) is 0 Å². The van der Waals surface area contributed by atoms with E-state index in [0.29, 0.717) is 32.1 Å². The molecule has 2 N–H and O–H groups in total. The van der Waals surface area contributed by atoms with Crippen LogP contribution in [0.4, 0.5) is 16.4 Å². The van der Waals surface area contributed by atoms with Crippen LogP contribution in [-0.4, -0.2) is 65.3 Å². The molecule has 160 valence electrons. The molecule has 1 aromatic carbocycles. The van der Waals surface area contributed by atoms with Crippen LogP contribution in [0, 0.1) is 5.92 Å². The van der Waals surface area contributed by atoms with Gasteiger partial charge in [-0.25, -0.2) is 14.8 Å². The van der Waals surface area contributed by atoms with E-state index in [1.54, 1.807) is 35.1 Å². The predicted molar refractivity (Wildman–Crippen MR) is 120 cm³/mol. The number of anilines is 2. The fourth-order valence-corrected chi connectivity index (χ4v) is 3.70. The number of aromatic nitrogens is 2. The van der Waals surface area contributed by atoms with Crippen molar-refractivity contribution in [2.75, 3.05) is 42.7 Å². The second kappa shape index (κ2) is 10.3. The van der Waals surface area contributed by atoms with E-state index in [-0.39, 0.29) is 17.9 Å². The summed E-state index contributed by atoms with van der Waals surface area (Å²) >= 11 is 1.61. The molecule has 0 radical (unpaired) electrons. The molecule has 8 nitrogen and oxygen atoms in total. The third-order valence-corrected chi connectivity index (χ3v) is 5.69. The summed E-state index contributed by atoms with van der Waals surface area (Å²) in [5.74, 6) is 0.411. The lowest BCUT2D eigenvalue weighted by Gasteiger charge is -2.35. The van der Waals surface area contributed by atoms with Crippen LogP contribution in [-0.2, 0) is 4.79 Å². The van der Waals surface area contributed by atoms with Crippen molar-refractivity contribution < 1.29 is 9.59 Å². The molecule has 2 heterocycles. The van der Waals surface area contributed by atoms with Crippen molar-refractivity contribution >= 4 is 35.3 Å². The SMILES string of the molecule is CSc1cccc(NC(=O)[C@@H](NC(=O)N2CCN(c3ncccn3)CC2)C(C)C)c1. The maximum Gasteiger partial charge on any atom is 0.318 e. The molecule has 1 aliphatic heterocycles. The van der Waals surface area contributed by atoms with Gasteiger partial charge in [-0.3, -0.25) is 4.79 Å². The standard InChI is InChI=1S/C21H28N6O2S/c1-15(2)18(19(28)24-16-6-4-7-17(14-16)30-3)25-21(29)27-12-10-26(11-13-27)20-22-8-5-9-23-20/h4-9,14-15,18H,10-13H2,1-3H3,(H,24,28)(H,25,29)/t18-/m0/s1. The van der Waals surface area contributed by atoms with Crippen molar-refractivity contribution in [1.82, 2.24) is 20.2 Å². The highest BCUT2D eigenvalue weighted by atomic mass is 32.2. The summed E-state index contributed by atoms with van der Waals surface area (Å²) in [5, 5.41) is 5.83. The Hall–Kier alpha value is -2.81. The molecule has 1 aromatic heterocycles. The molecule has 0 bridgehead atoms. The Kier molecular flexibility index (Phi) is 7.51. The van der Waals surface area contributed by atoms with Gasteiger partial charge < -0.3 is 20.4 Å². The van der Waals surface area contributed by atoms with E-state index >= 15 is 0 Å². The molecule has 1 aliphatic rings. The molecule has 0 spiro atoms. The summed E-state index contributed by atoms with van der Waals surface area (Å²) in [6, 6.07) is 8.60. The normalized spacial score (nSPS) is 15.1. The number of piperazine rings is 1. The summed E-state index contributed by atoms with van der Waals surface area (Å²) < 4.78 is 0. The first-order valence-electron chi connectivity index (χ1n) is 10.00. The average molecular weight is 429 g/mol. The Labute approximate surface area is 181 Å². The number of carbonyl (C=O) groups is 2. The molecule has 3 rings (SSSR count). The van der Waals surface area contributed by atoms with Crippen LogP contribution in [0.3, 0.4) is 0 Å². The van der Waals surface area contributed by atoms with Crippen LogP contribution in [0.25, 0.3) is 0 Å². The van der Waals surface area contributed by atoms with Crippen molar-refractivity contribution in [2.24, 2.45) is 5.92 Å². The number of amides is 3. The van der Waals surface area contributed by atoms with E-state index in [0.717, 1.165) is 10.6 Å². The van der Waals surface area contributed by atoms with Gasteiger partial charge in [-0.2, -0.15) is 0 Å². The van der Waals surface area contributed by atoms with Crippen molar-refractivity contribution in [3.8, 4) is 0 Å². The Morgan fingerprint density at radius 3 is 2.40 bits per heavy atom. The highest BCUT2D eigenvalue weighted by Crippen LogP contribution is 2.19. The van der Waals surface area contributed by atoms with Gasteiger partial charge in [0, 0.05) is 49.2 Å². The lowest BCUT2D eigenvalue weighted by Crippen LogP contribution is -2.56. The zero-order valence-electron chi connectivity index (χ0n) is 17.5. The van der Waals surface area contributed by atoms with E-state index in [4.69, 9.17) is 0 Å². The molecular formula is C21H28N6O2S. The fraction of sp³-hybridized carbons (Fsp3) is 0.429. The molecule has 0 aliphatic carbocycles. The fourth-order valence-electron chi connectivity index (χ4n) is 3.24. The van der Waals surface area contributed by atoms with Gasteiger partial charge in [0.2, 0.25) is 11.9 Å². The van der Waals surface area contributed by atoms with Crippen LogP contribution in [0.1, 0.15) is 13.8 Å². The molecule has 3 amide bonds. The summed E-state index contributed by atoms with van der Waals surface area (Å²) in [5.41, 5.74) is 0.725. The third kappa shape index (κ3) is 5.63. The van der Waals surface area contributed by atoms with Gasteiger partial charge in [0.15, 0.2) is 0 Å². The zero-order chi connectivity index (χ0) is 21.5. The summed E-state index contributed by atoms with van der Waals surface area (Å²) in [4.78, 5) is 39.0. The molecule has 30 heavy (non-hydrogen) atoms. The second-order valence-corrected chi connectivity index (χ2v) is 8.29. The quantitative estimate of drug-likeness (QED) is 0.688. The van der Waals surface area contributed by atoms with E-state index in [1.165, 1.54) is 0 Å². The summed E-state index contributed by atoms with van der Waals surface area (Å²) in [6.07, 6.45) is 5.41. The Balaban J connectivity index is 1.57. The van der Waals surface area contributed by atoms with Gasteiger partial charge in [-0.15, -0.1) is 11.8 Å². The van der Waals surface area contributed by atoms with Crippen LogP contribution >= 0.6 is 11.8 Å². The highest BCUT2D eigenvalue weighted by molar-refractivity contribution is 7.98. The monoisotopic (exact) mass is 428 g/mol. The number of nitrogens with one attached hydrogen (secondary N) is 2. The smallest absolute Gasteiger partial charge is 0.318 e. The number of hydrogen-bond donors (Lipinski definition) is 2. The highest BCUT2D eigenvalue weighted by Gasteiger charge is 2.28. The number of benzene rings is 1. The molecule has 1 saturated heterocycles. The Morgan fingerprint density at radius 2 is 1.77 bits per heavy atom. The molecule has 1 fully saturated rings. The molecule has 9 heteroatoms. The van der Waals surface area contributed by atoms with Crippen LogP contribution < -0.4 is 15.5 Å². The van der Waals surface area contributed by atoms with Gasteiger partial charge in [0.25, 0.3) is 0 Å². The molecular weight excluding hydrogens is 400 g/mol. The molecule has 1 atom stereocenters. The van der Waals surface area contributed by atoms with Crippen LogP contribution in [0.15, 0.2) is 47.6 Å². The predicted octanol–water partition coefficient (Wildman–Crippen LogP) is 2.69. The topological polar surface area (TPSA) is 90.5 Å². The minimum atomic E-state index is -0.620. The Morgan fingerprint density at radius 1 is 1.07 bits per heavy atom. The van der Waals surface area contributed by atoms with Crippen molar-refractivity contribution in [3.05, 3.63) is 42.7 Å². The first kappa shape index (κ1) is 21.9. The number of rotatable bonds is 6.